The van der Waals surface area contributed by atoms with Gasteiger partial charge in [-0.25, -0.2) is 9.59 Å². The van der Waals surface area contributed by atoms with E-state index in [-0.39, 0.29) is 6.42 Å². The summed E-state index contributed by atoms with van der Waals surface area (Å²) >= 11 is 0. The number of benzene rings is 1. The SMILES string of the molecule is COC(=O)/C=C/C[C@H](NC(=O)c1ccccc1)C(=O)OC. The van der Waals surface area contributed by atoms with Gasteiger partial charge in [-0.3, -0.25) is 4.79 Å². The van der Waals surface area contributed by atoms with Crippen molar-refractivity contribution in [1.29, 1.82) is 0 Å². The Kier molecular flexibility index (Phi) is 6.67. The van der Waals surface area contributed by atoms with Crippen LogP contribution in [0, 0.1) is 0 Å². The number of esters is 2. The topological polar surface area (TPSA) is 81.7 Å². The van der Waals surface area contributed by atoms with Crippen LogP contribution >= 0.6 is 0 Å². The number of carbonyl (C=O) groups is 3. The van der Waals surface area contributed by atoms with Crippen molar-refractivity contribution in [3.05, 3.63) is 48.0 Å². The Hall–Kier alpha value is -2.63. The van der Waals surface area contributed by atoms with Crippen LogP contribution < -0.4 is 5.32 Å². The van der Waals surface area contributed by atoms with E-state index in [1.165, 1.54) is 26.4 Å². The second kappa shape index (κ2) is 8.52. The van der Waals surface area contributed by atoms with Crippen LogP contribution in [0.2, 0.25) is 0 Å². The molecule has 0 saturated carbocycles. The zero-order valence-corrected chi connectivity index (χ0v) is 11.9. The lowest BCUT2D eigenvalue weighted by molar-refractivity contribution is -0.143. The van der Waals surface area contributed by atoms with Gasteiger partial charge in [-0.15, -0.1) is 0 Å². The molecule has 0 radical (unpaired) electrons. The fourth-order valence-electron chi connectivity index (χ4n) is 1.56. The molecule has 0 saturated heterocycles. The van der Waals surface area contributed by atoms with Crippen LogP contribution in [0.3, 0.4) is 0 Å². The number of ether oxygens (including phenoxy) is 2. The van der Waals surface area contributed by atoms with Crippen molar-refractivity contribution in [3.8, 4) is 0 Å². The van der Waals surface area contributed by atoms with Crippen LogP contribution in [0.1, 0.15) is 16.8 Å². The molecule has 0 aliphatic carbocycles. The van der Waals surface area contributed by atoms with Gasteiger partial charge in [-0.2, -0.15) is 0 Å². The molecule has 6 nitrogen and oxygen atoms in total. The summed E-state index contributed by atoms with van der Waals surface area (Å²) in [6.07, 6.45) is 2.75. The maximum atomic E-state index is 12.0. The van der Waals surface area contributed by atoms with E-state index in [0.717, 1.165) is 0 Å². The number of hydrogen-bond acceptors (Lipinski definition) is 5. The summed E-state index contributed by atoms with van der Waals surface area (Å²) in [7, 11) is 2.48. The first-order chi connectivity index (χ1) is 10.1. The Bertz CT molecular complexity index is 524. The van der Waals surface area contributed by atoms with Gasteiger partial charge in [0.15, 0.2) is 0 Å². The van der Waals surface area contributed by atoms with Crippen LogP contribution in [0.4, 0.5) is 0 Å². The number of carbonyl (C=O) groups excluding carboxylic acids is 3. The molecule has 0 aliphatic heterocycles. The first-order valence-electron chi connectivity index (χ1n) is 6.26. The Balaban J connectivity index is 2.70. The van der Waals surface area contributed by atoms with Gasteiger partial charge in [0.2, 0.25) is 0 Å². The van der Waals surface area contributed by atoms with Crippen molar-refractivity contribution in [3.63, 3.8) is 0 Å². The highest BCUT2D eigenvalue weighted by molar-refractivity contribution is 5.96. The Labute approximate surface area is 122 Å². The van der Waals surface area contributed by atoms with Crippen molar-refractivity contribution in [2.45, 2.75) is 12.5 Å². The monoisotopic (exact) mass is 291 g/mol. The lowest BCUT2D eigenvalue weighted by Crippen LogP contribution is -2.41. The molecule has 0 fully saturated rings. The maximum absolute atomic E-state index is 12.0. The lowest BCUT2D eigenvalue weighted by atomic mass is 10.1. The Morgan fingerprint density at radius 3 is 2.38 bits per heavy atom. The molecule has 1 aromatic rings. The number of rotatable bonds is 6. The van der Waals surface area contributed by atoms with Crippen LogP contribution in [-0.4, -0.2) is 38.1 Å². The molecule has 0 unspecified atom stereocenters. The van der Waals surface area contributed by atoms with Crippen molar-refractivity contribution < 1.29 is 23.9 Å². The van der Waals surface area contributed by atoms with Gasteiger partial charge in [0, 0.05) is 11.6 Å². The van der Waals surface area contributed by atoms with E-state index in [1.54, 1.807) is 30.3 Å². The molecule has 1 amide bonds. The number of nitrogens with one attached hydrogen (secondary N) is 1. The largest absolute Gasteiger partial charge is 0.467 e. The summed E-state index contributed by atoms with van der Waals surface area (Å²) < 4.78 is 9.07. The number of hydrogen-bond donors (Lipinski definition) is 1. The van der Waals surface area contributed by atoms with E-state index in [2.05, 4.69) is 14.8 Å². The highest BCUT2D eigenvalue weighted by Crippen LogP contribution is 2.03. The van der Waals surface area contributed by atoms with Crippen molar-refractivity contribution in [2.24, 2.45) is 0 Å². The quantitative estimate of drug-likeness (QED) is 0.626. The van der Waals surface area contributed by atoms with Gasteiger partial charge < -0.3 is 14.8 Å². The van der Waals surface area contributed by atoms with Crippen LogP contribution in [0.15, 0.2) is 42.5 Å². The van der Waals surface area contributed by atoms with Crippen LogP contribution in [-0.2, 0) is 19.1 Å². The molecule has 0 aliphatic rings. The van der Waals surface area contributed by atoms with E-state index in [1.807, 2.05) is 0 Å². The van der Waals surface area contributed by atoms with Gasteiger partial charge in [0.25, 0.3) is 5.91 Å². The lowest BCUT2D eigenvalue weighted by Gasteiger charge is -2.14. The van der Waals surface area contributed by atoms with E-state index >= 15 is 0 Å². The second-order valence-corrected chi connectivity index (χ2v) is 4.08. The van der Waals surface area contributed by atoms with Gasteiger partial charge in [0.05, 0.1) is 14.2 Å². The molecular formula is C15H17NO5. The molecule has 1 atom stereocenters. The Morgan fingerprint density at radius 1 is 1.14 bits per heavy atom. The molecule has 112 valence electrons. The third kappa shape index (κ3) is 5.48. The van der Waals surface area contributed by atoms with Gasteiger partial charge >= 0.3 is 11.9 Å². The third-order valence-electron chi connectivity index (χ3n) is 2.65. The first kappa shape index (κ1) is 16.4. The zero-order valence-electron chi connectivity index (χ0n) is 11.9. The van der Waals surface area contributed by atoms with E-state index in [9.17, 15) is 14.4 Å². The van der Waals surface area contributed by atoms with Gasteiger partial charge in [-0.05, 0) is 18.6 Å². The molecule has 0 spiro atoms. The van der Waals surface area contributed by atoms with Gasteiger partial charge in [-0.1, -0.05) is 24.3 Å². The number of amides is 1. The molecule has 21 heavy (non-hydrogen) atoms. The smallest absolute Gasteiger partial charge is 0.330 e. The minimum absolute atomic E-state index is 0.125. The standard InChI is InChI=1S/C15H17NO5/c1-20-13(17)10-6-9-12(15(19)21-2)16-14(18)11-7-4-3-5-8-11/h3-8,10,12H,9H2,1-2H3,(H,16,18)/b10-6+/t12-/m0/s1. The maximum Gasteiger partial charge on any atom is 0.330 e. The predicted molar refractivity (Wildman–Crippen MR) is 75.5 cm³/mol. The number of methoxy groups -OCH3 is 2. The van der Waals surface area contributed by atoms with E-state index in [4.69, 9.17) is 0 Å². The molecule has 6 heteroatoms. The summed E-state index contributed by atoms with van der Waals surface area (Å²) in [5, 5.41) is 2.56. The third-order valence-corrected chi connectivity index (χ3v) is 2.65. The fraction of sp³-hybridized carbons (Fsp3) is 0.267. The molecule has 1 aromatic carbocycles. The molecule has 0 aromatic heterocycles. The summed E-state index contributed by atoms with van der Waals surface area (Å²) in [5.41, 5.74) is 0.434. The van der Waals surface area contributed by atoms with Crippen LogP contribution in [0.5, 0.6) is 0 Å². The van der Waals surface area contributed by atoms with E-state index in [0.29, 0.717) is 5.56 Å². The van der Waals surface area contributed by atoms with Crippen molar-refractivity contribution in [2.75, 3.05) is 14.2 Å². The molecule has 0 bridgehead atoms. The fourth-order valence-corrected chi connectivity index (χ4v) is 1.56. The summed E-state index contributed by atoms with van der Waals surface area (Å²) in [6, 6.07) is 7.62. The summed E-state index contributed by atoms with van der Waals surface area (Å²) in [5.74, 6) is -1.51. The average molecular weight is 291 g/mol. The van der Waals surface area contributed by atoms with Crippen molar-refractivity contribution in [1.82, 2.24) is 5.32 Å². The zero-order chi connectivity index (χ0) is 15.7. The first-order valence-corrected chi connectivity index (χ1v) is 6.26. The predicted octanol–water partition coefficient (Wildman–Crippen LogP) is 1.08. The Morgan fingerprint density at radius 2 is 1.81 bits per heavy atom. The molecule has 1 N–H and O–H groups in total. The second-order valence-electron chi connectivity index (χ2n) is 4.08. The minimum atomic E-state index is -0.872. The highest BCUT2D eigenvalue weighted by Gasteiger charge is 2.20. The van der Waals surface area contributed by atoms with E-state index < -0.39 is 23.9 Å². The van der Waals surface area contributed by atoms with Crippen LogP contribution in [0.25, 0.3) is 0 Å². The molecule has 1 rings (SSSR count). The highest BCUT2D eigenvalue weighted by atomic mass is 16.5. The minimum Gasteiger partial charge on any atom is -0.467 e. The average Bonchev–Trinajstić information content (AvgIpc) is 2.53. The molecular weight excluding hydrogens is 274 g/mol. The normalized spacial score (nSPS) is 11.7. The van der Waals surface area contributed by atoms with Gasteiger partial charge in [0.1, 0.15) is 6.04 Å². The van der Waals surface area contributed by atoms with Crippen molar-refractivity contribution >= 4 is 17.8 Å². The summed E-state index contributed by atoms with van der Waals surface area (Å²) in [4.78, 5) is 34.6. The molecule has 0 heterocycles. The summed E-state index contributed by atoms with van der Waals surface area (Å²) in [6.45, 7) is 0.